The summed E-state index contributed by atoms with van der Waals surface area (Å²) >= 11 is 1.44. The van der Waals surface area contributed by atoms with Gasteiger partial charge in [0.2, 0.25) is 5.91 Å². The summed E-state index contributed by atoms with van der Waals surface area (Å²) in [5.41, 5.74) is 5.05. The fraction of sp³-hybridized carbons (Fsp3) is 0.174. The lowest BCUT2D eigenvalue weighted by atomic mass is 10.0. The van der Waals surface area contributed by atoms with Gasteiger partial charge in [0.15, 0.2) is 0 Å². The molecule has 0 atom stereocenters. The number of aryl methyl sites for hydroxylation is 2. The van der Waals surface area contributed by atoms with Gasteiger partial charge in [-0.3, -0.25) is 14.2 Å². The number of nitrogens with zero attached hydrogens (tertiary/aromatic N) is 2. The van der Waals surface area contributed by atoms with E-state index in [4.69, 9.17) is 0 Å². The molecule has 4 aromatic rings. The SMILES string of the molecule is Cc1ccc(-c2csc3ncn(CC(=O)NCc4ccccc4)c(=O)c23)cc1C. The van der Waals surface area contributed by atoms with Crippen molar-refractivity contribution in [3.05, 3.63) is 87.3 Å². The predicted molar refractivity (Wildman–Crippen MR) is 117 cm³/mol. The van der Waals surface area contributed by atoms with E-state index in [9.17, 15) is 9.59 Å². The van der Waals surface area contributed by atoms with Crippen LogP contribution < -0.4 is 10.9 Å². The van der Waals surface area contributed by atoms with Gasteiger partial charge in [-0.2, -0.15) is 0 Å². The summed E-state index contributed by atoms with van der Waals surface area (Å²) in [6.45, 7) is 4.49. The Morgan fingerprint density at radius 3 is 2.66 bits per heavy atom. The first kappa shape index (κ1) is 19.1. The minimum absolute atomic E-state index is 0.0587. The number of hydrogen-bond acceptors (Lipinski definition) is 4. The number of amides is 1. The zero-order valence-corrected chi connectivity index (χ0v) is 17.1. The molecule has 0 saturated heterocycles. The zero-order chi connectivity index (χ0) is 20.4. The van der Waals surface area contributed by atoms with E-state index < -0.39 is 0 Å². The topological polar surface area (TPSA) is 64.0 Å². The van der Waals surface area contributed by atoms with Crippen LogP contribution in [0.25, 0.3) is 21.3 Å². The Bertz CT molecular complexity index is 1240. The molecule has 5 nitrogen and oxygen atoms in total. The Kier molecular flexibility index (Phi) is 5.27. The quantitative estimate of drug-likeness (QED) is 0.547. The van der Waals surface area contributed by atoms with Crippen LogP contribution in [0.2, 0.25) is 0 Å². The molecule has 2 aromatic carbocycles. The highest BCUT2D eigenvalue weighted by atomic mass is 32.1. The van der Waals surface area contributed by atoms with Gasteiger partial charge < -0.3 is 5.32 Å². The van der Waals surface area contributed by atoms with Gasteiger partial charge in [0.25, 0.3) is 5.56 Å². The van der Waals surface area contributed by atoms with Crippen molar-refractivity contribution >= 4 is 27.5 Å². The number of benzene rings is 2. The van der Waals surface area contributed by atoms with E-state index in [2.05, 4.69) is 36.3 Å². The van der Waals surface area contributed by atoms with E-state index in [1.54, 1.807) is 0 Å². The Morgan fingerprint density at radius 1 is 1.10 bits per heavy atom. The molecule has 0 aliphatic carbocycles. The molecule has 2 aromatic heterocycles. The second-order valence-corrected chi connectivity index (χ2v) is 7.93. The third kappa shape index (κ3) is 3.98. The van der Waals surface area contributed by atoms with Crippen LogP contribution in [0.5, 0.6) is 0 Å². The molecule has 0 aliphatic rings. The molecule has 6 heteroatoms. The van der Waals surface area contributed by atoms with Crippen molar-refractivity contribution in [3.63, 3.8) is 0 Å². The maximum absolute atomic E-state index is 13.1. The molecule has 0 unspecified atom stereocenters. The third-order valence-electron chi connectivity index (χ3n) is 5.03. The van der Waals surface area contributed by atoms with Gasteiger partial charge >= 0.3 is 0 Å². The minimum atomic E-state index is -0.222. The molecule has 146 valence electrons. The molecular weight excluding hydrogens is 382 g/mol. The van der Waals surface area contributed by atoms with Crippen molar-refractivity contribution in [1.82, 2.24) is 14.9 Å². The molecule has 2 heterocycles. The number of carbonyl (C=O) groups excluding carboxylic acids is 1. The second-order valence-electron chi connectivity index (χ2n) is 7.07. The maximum Gasteiger partial charge on any atom is 0.263 e. The second kappa shape index (κ2) is 8.01. The molecule has 0 radical (unpaired) electrons. The van der Waals surface area contributed by atoms with Crippen LogP contribution in [0.15, 0.2) is 65.0 Å². The number of aromatic nitrogens is 2. The van der Waals surface area contributed by atoms with Crippen LogP contribution in [0.4, 0.5) is 0 Å². The number of nitrogens with one attached hydrogen (secondary N) is 1. The van der Waals surface area contributed by atoms with E-state index >= 15 is 0 Å². The van der Waals surface area contributed by atoms with Crippen LogP contribution in [0.1, 0.15) is 16.7 Å². The standard InChI is InChI=1S/C23H21N3O2S/c1-15-8-9-18(10-16(15)2)19-13-29-22-21(19)23(28)26(14-25-22)12-20(27)24-11-17-6-4-3-5-7-17/h3-10,13-14H,11-12H2,1-2H3,(H,24,27). The highest BCUT2D eigenvalue weighted by molar-refractivity contribution is 7.17. The minimum Gasteiger partial charge on any atom is -0.350 e. The average Bonchev–Trinajstić information content (AvgIpc) is 3.16. The summed E-state index contributed by atoms with van der Waals surface area (Å²) in [6.07, 6.45) is 1.45. The van der Waals surface area contributed by atoms with Crippen LogP contribution in [0.3, 0.4) is 0 Å². The Hall–Kier alpha value is -3.25. The van der Waals surface area contributed by atoms with E-state index in [-0.39, 0.29) is 18.0 Å². The molecule has 1 amide bonds. The summed E-state index contributed by atoms with van der Waals surface area (Å²) in [5.74, 6) is -0.222. The number of rotatable bonds is 5. The molecule has 0 saturated carbocycles. The van der Waals surface area contributed by atoms with Gasteiger partial charge in [0.1, 0.15) is 11.4 Å². The smallest absolute Gasteiger partial charge is 0.263 e. The molecule has 4 rings (SSSR count). The normalized spacial score (nSPS) is 11.0. The molecule has 29 heavy (non-hydrogen) atoms. The van der Waals surface area contributed by atoms with Crippen molar-refractivity contribution in [2.75, 3.05) is 0 Å². The Balaban J connectivity index is 1.61. The predicted octanol–water partition coefficient (Wildman–Crippen LogP) is 4.06. The first-order valence-electron chi connectivity index (χ1n) is 9.38. The summed E-state index contributed by atoms with van der Waals surface area (Å²) in [5, 5.41) is 5.38. The highest BCUT2D eigenvalue weighted by Gasteiger charge is 2.15. The zero-order valence-electron chi connectivity index (χ0n) is 16.3. The van der Waals surface area contributed by atoms with Gasteiger partial charge in [0.05, 0.1) is 11.7 Å². The van der Waals surface area contributed by atoms with Gasteiger partial charge in [-0.1, -0.05) is 48.5 Å². The monoisotopic (exact) mass is 403 g/mol. The Labute approximate surface area is 172 Å². The lowest BCUT2D eigenvalue weighted by Gasteiger charge is -2.08. The van der Waals surface area contributed by atoms with Gasteiger partial charge in [-0.15, -0.1) is 11.3 Å². The van der Waals surface area contributed by atoms with E-state index in [0.29, 0.717) is 16.8 Å². The lowest BCUT2D eigenvalue weighted by molar-refractivity contribution is -0.121. The van der Waals surface area contributed by atoms with Crippen molar-refractivity contribution < 1.29 is 4.79 Å². The first-order chi connectivity index (χ1) is 14.0. The largest absolute Gasteiger partial charge is 0.350 e. The first-order valence-corrected chi connectivity index (χ1v) is 10.3. The number of carbonyl (C=O) groups is 1. The molecule has 0 fully saturated rings. The van der Waals surface area contributed by atoms with E-state index in [0.717, 1.165) is 16.7 Å². The van der Waals surface area contributed by atoms with Crippen molar-refractivity contribution in [2.24, 2.45) is 0 Å². The van der Waals surface area contributed by atoms with Crippen LogP contribution in [-0.4, -0.2) is 15.5 Å². The summed E-state index contributed by atoms with van der Waals surface area (Å²) in [6, 6.07) is 15.8. The van der Waals surface area contributed by atoms with Crippen molar-refractivity contribution in [3.8, 4) is 11.1 Å². The van der Waals surface area contributed by atoms with Crippen LogP contribution >= 0.6 is 11.3 Å². The fourth-order valence-corrected chi connectivity index (χ4v) is 4.12. The molecule has 0 aliphatic heterocycles. The van der Waals surface area contributed by atoms with Crippen molar-refractivity contribution in [1.29, 1.82) is 0 Å². The lowest BCUT2D eigenvalue weighted by Crippen LogP contribution is -2.32. The number of thiophene rings is 1. The maximum atomic E-state index is 13.1. The number of fused-ring (bicyclic) bond motifs is 1. The summed E-state index contributed by atoms with van der Waals surface area (Å²) in [7, 11) is 0. The third-order valence-corrected chi connectivity index (χ3v) is 5.91. The highest BCUT2D eigenvalue weighted by Crippen LogP contribution is 2.31. The molecular formula is C23H21N3O2S. The fourth-order valence-electron chi connectivity index (χ4n) is 3.21. The summed E-state index contributed by atoms with van der Waals surface area (Å²) in [4.78, 5) is 30.5. The van der Waals surface area contributed by atoms with E-state index in [1.165, 1.54) is 33.4 Å². The average molecular weight is 404 g/mol. The summed E-state index contributed by atoms with van der Waals surface area (Å²) < 4.78 is 1.37. The van der Waals surface area contributed by atoms with Gasteiger partial charge in [0, 0.05) is 17.5 Å². The molecule has 0 bridgehead atoms. The molecule has 0 spiro atoms. The van der Waals surface area contributed by atoms with Gasteiger partial charge in [-0.25, -0.2) is 4.98 Å². The Morgan fingerprint density at radius 2 is 1.90 bits per heavy atom. The van der Waals surface area contributed by atoms with Crippen molar-refractivity contribution in [2.45, 2.75) is 26.9 Å². The number of hydrogen-bond donors (Lipinski definition) is 1. The molecule has 1 N–H and O–H groups in total. The van der Waals surface area contributed by atoms with E-state index in [1.807, 2.05) is 41.8 Å². The van der Waals surface area contributed by atoms with Crippen LogP contribution in [-0.2, 0) is 17.9 Å². The van der Waals surface area contributed by atoms with Crippen LogP contribution in [0, 0.1) is 13.8 Å². The van der Waals surface area contributed by atoms with Gasteiger partial charge in [-0.05, 0) is 36.1 Å².